The number of anilines is 2. The Kier molecular flexibility index (Phi) is 10.7. The zero-order chi connectivity index (χ0) is 30.1. The fourth-order valence-electron chi connectivity index (χ4n) is 5.17. The topological polar surface area (TPSA) is 143 Å². The Morgan fingerprint density at radius 2 is 1.81 bits per heavy atom. The van der Waals surface area contributed by atoms with Gasteiger partial charge in [-0.1, -0.05) is 31.9 Å². The summed E-state index contributed by atoms with van der Waals surface area (Å²) in [6.07, 6.45) is 12.3. The third-order valence-corrected chi connectivity index (χ3v) is 7.31. The van der Waals surface area contributed by atoms with E-state index < -0.39 is 10.0 Å². The number of nitrogens with two attached hydrogens (primary N) is 1. The molecule has 0 spiro atoms. The minimum absolute atomic E-state index is 0.176. The molecule has 0 aliphatic carbocycles. The highest BCUT2D eigenvalue weighted by atomic mass is 32.2. The fourth-order valence-corrected chi connectivity index (χ4v) is 5.17. The maximum atomic E-state index is 12.7. The van der Waals surface area contributed by atoms with Gasteiger partial charge in [0.2, 0.25) is 10.0 Å². The number of H-pyrrole nitrogens is 1. The van der Waals surface area contributed by atoms with E-state index >= 15 is 0 Å². The maximum absolute atomic E-state index is 12.7. The zero-order valence-electron chi connectivity index (χ0n) is 24.5. The van der Waals surface area contributed by atoms with Crippen molar-refractivity contribution in [3.05, 3.63) is 77.0 Å². The number of aromatic nitrogens is 3. The average Bonchev–Trinajstić information content (AvgIpc) is 2.97. The number of nitrogens with one attached hydrogen (secondary N) is 2. The summed E-state index contributed by atoms with van der Waals surface area (Å²) in [6, 6.07) is 14.3. The molecule has 3 aromatic heterocycles. The predicted molar refractivity (Wildman–Crippen MR) is 169 cm³/mol. The van der Waals surface area contributed by atoms with E-state index in [1.54, 1.807) is 25.7 Å². The van der Waals surface area contributed by atoms with E-state index in [0.29, 0.717) is 28.6 Å². The number of nitrogens with zero attached hydrogens (tertiary/aromatic N) is 3. The number of fused-ring (bicyclic) bond motifs is 1. The molecule has 0 saturated carbocycles. The molecule has 0 bridgehead atoms. The molecule has 0 unspecified atom stereocenters. The van der Waals surface area contributed by atoms with E-state index in [1.165, 1.54) is 57.3 Å². The van der Waals surface area contributed by atoms with E-state index in [0.717, 1.165) is 22.9 Å². The van der Waals surface area contributed by atoms with Crippen LogP contribution >= 0.6 is 0 Å². The lowest BCUT2D eigenvalue weighted by molar-refractivity contribution is 0.208. The maximum Gasteiger partial charge on any atom is 0.259 e. The Labute approximate surface area is 247 Å². The highest BCUT2D eigenvalue weighted by molar-refractivity contribution is 7.88. The van der Waals surface area contributed by atoms with Gasteiger partial charge in [0.15, 0.2) is 0 Å². The van der Waals surface area contributed by atoms with Crippen molar-refractivity contribution in [2.45, 2.75) is 44.9 Å². The second kappa shape index (κ2) is 14.4. The number of sulfonamides is 1. The molecule has 0 radical (unpaired) electrons. The second-order valence-electron chi connectivity index (χ2n) is 10.6. The summed E-state index contributed by atoms with van der Waals surface area (Å²) in [5, 5.41) is 9.06. The van der Waals surface area contributed by atoms with Crippen LogP contribution in [0.15, 0.2) is 65.8 Å². The van der Waals surface area contributed by atoms with Crippen molar-refractivity contribution in [2.75, 3.05) is 38.3 Å². The first-order chi connectivity index (χ1) is 20.1. The number of hydrogen-bond acceptors (Lipinski definition) is 8. The van der Waals surface area contributed by atoms with Crippen LogP contribution in [-0.2, 0) is 10.0 Å². The Morgan fingerprint density at radius 1 is 1.10 bits per heavy atom. The number of pyridine rings is 3. The Hall–Kier alpha value is -3.80. The lowest BCUT2D eigenvalue weighted by Gasteiger charge is -2.32. The van der Waals surface area contributed by atoms with Crippen LogP contribution in [0.4, 0.5) is 11.5 Å². The third kappa shape index (κ3) is 8.85. The highest BCUT2D eigenvalue weighted by Crippen LogP contribution is 2.31. The first-order valence-electron chi connectivity index (χ1n) is 14.2. The van der Waals surface area contributed by atoms with Gasteiger partial charge in [-0.25, -0.2) is 18.5 Å². The monoisotopic (exact) mass is 592 g/mol. The molecule has 10 nitrogen and oxygen atoms in total. The predicted octanol–water partition coefficient (Wildman–Crippen LogP) is 5.01. The molecule has 42 heavy (non-hydrogen) atoms. The molecule has 4 heterocycles. The van der Waals surface area contributed by atoms with Crippen LogP contribution < -0.4 is 20.8 Å². The van der Waals surface area contributed by atoms with Crippen molar-refractivity contribution in [1.29, 1.82) is 0 Å². The Balaban J connectivity index is 0.000000748. The van der Waals surface area contributed by atoms with Gasteiger partial charge in [-0.05, 0) is 86.1 Å². The minimum atomic E-state index is -3.17. The van der Waals surface area contributed by atoms with Crippen molar-refractivity contribution >= 4 is 32.3 Å². The van der Waals surface area contributed by atoms with Gasteiger partial charge in [0, 0.05) is 23.6 Å². The number of unbranched alkanes of at least 4 members (excludes halogenated alkanes) is 2. The third-order valence-electron chi connectivity index (χ3n) is 7.31. The summed E-state index contributed by atoms with van der Waals surface area (Å²) in [5.74, 6) is 1.77. The van der Waals surface area contributed by atoms with E-state index in [9.17, 15) is 13.2 Å². The summed E-state index contributed by atoms with van der Waals surface area (Å²) in [4.78, 5) is 27.2. The summed E-state index contributed by atoms with van der Waals surface area (Å²) in [6.45, 7) is 5.85. The van der Waals surface area contributed by atoms with Crippen molar-refractivity contribution in [3.63, 3.8) is 0 Å². The lowest BCUT2D eigenvalue weighted by atomic mass is 9.89. The fraction of sp³-hybridized carbons (Fsp3) is 0.387. The summed E-state index contributed by atoms with van der Waals surface area (Å²) < 4.78 is 24.2. The van der Waals surface area contributed by atoms with E-state index in [-0.39, 0.29) is 5.56 Å². The molecular formula is C31H40N6O4S. The van der Waals surface area contributed by atoms with Gasteiger partial charge in [-0.2, -0.15) is 0 Å². The van der Waals surface area contributed by atoms with Crippen LogP contribution in [0.5, 0.6) is 5.75 Å². The lowest BCUT2D eigenvalue weighted by Crippen LogP contribution is -2.33. The van der Waals surface area contributed by atoms with Crippen molar-refractivity contribution in [1.82, 2.24) is 19.9 Å². The smallest absolute Gasteiger partial charge is 0.259 e. The van der Waals surface area contributed by atoms with Crippen LogP contribution in [0.1, 0.15) is 50.5 Å². The molecule has 0 atom stereocenters. The van der Waals surface area contributed by atoms with Crippen molar-refractivity contribution in [3.8, 4) is 17.0 Å². The summed E-state index contributed by atoms with van der Waals surface area (Å²) in [7, 11) is -1.55. The molecule has 5 rings (SSSR count). The standard InChI is InChI=1S/C30H35N5O2.CH5NO2S/c1-3-4-5-14-35-15-11-22(12-16-35)21-6-8-25(9-7-21)33-29-28-23(10-13-32-30(28)36)18-27(34-29)24-17-26(37-2)20-31-19-24;1-5(2,3)4/h6-10,13,17-20,22H,3-5,11-12,14-16H2,1-2H3,(H,32,36)(H,33,34);1H3,(H2,2,3,4). The van der Waals surface area contributed by atoms with Gasteiger partial charge in [0.25, 0.3) is 5.56 Å². The minimum Gasteiger partial charge on any atom is -0.495 e. The number of ether oxygens (including phenoxy) is 1. The SMILES string of the molecule is CCCCCN1CCC(c2ccc(Nc3nc(-c4cncc(OC)c4)cc4cc[nH]c(=O)c34)cc2)CC1.CS(N)(=O)=O. The number of benzene rings is 1. The molecule has 1 aliphatic rings. The Morgan fingerprint density at radius 3 is 2.48 bits per heavy atom. The number of aromatic amines is 1. The summed E-state index contributed by atoms with van der Waals surface area (Å²) in [5.41, 5.74) is 3.64. The van der Waals surface area contributed by atoms with Crippen LogP contribution in [0.3, 0.4) is 0 Å². The van der Waals surface area contributed by atoms with Crippen molar-refractivity contribution in [2.24, 2.45) is 5.14 Å². The van der Waals surface area contributed by atoms with E-state index in [4.69, 9.17) is 9.72 Å². The molecule has 4 N–H and O–H groups in total. The molecule has 11 heteroatoms. The molecule has 1 fully saturated rings. The van der Waals surface area contributed by atoms with E-state index in [1.807, 2.05) is 18.2 Å². The van der Waals surface area contributed by atoms with Crippen molar-refractivity contribution < 1.29 is 13.2 Å². The van der Waals surface area contributed by atoms with Gasteiger partial charge in [-0.3, -0.25) is 9.78 Å². The molecule has 1 saturated heterocycles. The largest absolute Gasteiger partial charge is 0.495 e. The quantitative estimate of drug-likeness (QED) is 0.230. The van der Waals surface area contributed by atoms with Gasteiger partial charge in [0.05, 0.1) is 30.6 Å². The number of hydrogen-bond donors (Lipinski definition) is 3. The number of piperidine rings is 1. The van der Waals surface area contributed by atoms with Crippen LogP contribution in [0.2, 0.25) is 0 Å². The molecule has 224 valence electrons. The molecule has 0 amide bonds. The average molecular weight is 593 g/mol. The number of rotatable bonds is 9. The van der Waals surface area contributed by atoms with Gasteiger partial charge in [-0.15, -0.1) is 0 Å². The van der Waals surface area contributed by atoms with Crippen LogP contribution in [0.25, 0.3) is 22.0 Å². The highest BCUT2D eigenvalue weighted by Gasteiger charge is 2.20. The second-order valence-corrected chi connectivity index (χ2v) is 12.3. The molecule has 1 aliphatic heterocycles. The zero-order valence-corrected chi connectivity index (χ0v) is 25.3. The first-order valence-corrected chi connectivity index (χ1v) is 16.2. The number of methoxy groups -OCH3 is 1. The number of likely N-dealkylation sites (tertiary alicyclic amines) is 1. The number of primary sulfonamides is 1. The molecular weight excluding hydrogens is 552 g/mol. The van der Waals surface area contributed by atoms with Gasteiger partial charge >= 0.3 is 0 Å². The first kappa shape index (κ1) is 31.1. The van der Waals surface area contributed by atoms with Crippen LogP contribution in [-0.4, -0.2) is 61.3 Å². The molecule has 1 aromatic carbocycles. The van der Waals surface area contributed by atoms with Crippen LogP contribution in [0, 0.1) is 0 Å². The summed E-state index contributed by atoms with van der Waals surface area (Å²) >= 11 is 0. The van der Waals surface area contributed by atoms with E-state index in [2.05, 4.69) is 56.5 Å². The molecule has 4 aromatic rings. The van der Waals surface area contributed by atoms with Gasteiger partial charge < -0.3 is 19.9 Å². The van der Waals surface area contributed by atoms with Gasteiger partial charge in [0.1, 0.15) is 11.6 Å². The normalized spacial score (nSPS) is 14.3. The Bertz CT molecular complexity index is 1620.